The Hall–Kier alpha value is -0.330. The molecule has 0 heterocycles. The zero-order chi connectivity index (χ0) is 13.6. The first-order chi connectivity index (χ1) is 8.41. The smallest absolute Gasteiger partial charge is 0.389 e. The Kier molecular flexibility index (Phi) is 5.88. The second-order valence-electron chi connectivity index (χ2n) is 5.00. The Labute approximate surface area is 106 Å². The monoisotopic (exact) mass is 269 g/mol. The lowest BCUT2D eigenvalue weighted by Gasteiger charge is -2.39. The molecule has 0 aromatic carbocycles. The van der Waals surface area contributed by atoms with Crippen LogP contribution < -0.4 is 5.32 Å². The van der Waals surface area contributed by atoms with Gasteiger partial charge in [-0.05, 0) is 39.2 Å². The molecule has 6 heteroatoms. The lowest BCUT2D eigenvalue weighted by molar-refractivity contribution is -0.139. The van der Waals surface area contributed by atoms with Crippen LogP contribution in [0.4, 0.5) is 13.2 Å². The summed E-state index contributed by atoms with van der Waals surface area (Å²) in [5.41, 5.74) is -0.326. The van der Waals surface area contributed by atoms with Gasteiger partial charge in [0.2, 0.25) is 0 Å². The van der Waals surface area contributed by atoms with Gasteiger partial charge in [0, 0.05) is 18.6 Å². The largest absolute Gasteiger partial charge is 0.394 e. The fourth-order valence-electron chi connectivity index (χ4n) is 2.42. The van der Waals surface area contributed by atoms with Crippen molar-refractivity contribution in [2.45, 2.75) is 56.3 Å². The number of aliphatic hydroxyl groups is 1. The third kappa shape index (κ3) is 5.12. The first-order valence-corrected chi connectivity index (χ1v) is 6.39. The molecule has 18 heavy (non-hydrogen) atoms. The van der Waals surface area contributed by atoms with Crippen molar-refractivity contribution in [3.8, 4) is 0 Å². The van der Waals surface area contributed by atoms with Crippen LogP contribution >= 0.6 is 0 Å². The van der Waals surface area contributed by atoms with Crippen LogP contribution in [0.3, 0.4) is 0 Å². The van der Waals surface area contributed by atoms with E-state index in [1.54, 1.807) is 7.05 Å². The lowest BCUT2D eigenvalue weighted by atomic mass is 9.81. The number of aliphatic hydroxyl groups excluding tert-OH is 1. The fourth-order valence-corrected chi connectivity index (χ4v) is 2.42. The number of nitrogens with one attached hydrogen (secondary N) is 1. The molecule has 1 saturated carbocycles. The molecule has 0 aromatic heterocycles. The highest BCUT2D eigenvalue weighted by molar-refractivity contribution is 4.92. The van der Waals surface area contributed by atoms with E-state index in [1.807, 2.05) is 0 Å². The first kappa shape index (κ1) is 15.7. The zero-order valence-corrected chi connectivity index (χ0v) is 10.7. The Balaban J connectivity index is 2.26. The molecule has 0 aliphatic heterocycles. The van der Waals surface area contributed by atoms with Crippen molar-refractivity contribution in [1.29, 1.82) is 0 Å². The van der Waals surface area contributed by atoms with Crippen molar-refractivity contribution >= 4 is 0 Å². The van der Waals surface area contributed by atoms with E-state index < -0.39 is 12.6 Å². The Bertz CT molecular complexity index is 242. The fraction of sp³-hybridized carbons (Fsp3) is 1.00. The predicted molar refractivity (Wildman–Crippen MR) is 62.4 cm³/mol. The normalized spacial score (nSPS) is 29.5. The van der Waals surface area contributed by atoms with Crippen molar-refractivity contribution in [2.75, 3.05) is 20.3 Å². The second-order valence-corrected chi connectivity index (χ2v) is 5.00. The predicted octanol–water partition coefficient (Wildman–Crippen LogP) is 2.24. The molecule has 3 nitrogen and oxygen atoms in total. The maximum Gasteiger partial charge on any atom is 0.389 e. The average Bonchev–Trinajstić information content (AvgIpc) is 2.34. The second kappa shape index (κ2) is 6.73. The highest BCUT2D eigenvalue weighted by Crippen LogP contribution is 2.30. The topological polar surface area (TPSA) is 41.5 Å². The number of hydrogen-bond acceptors (Lipinski definition) is 3. The summed E-state index contributed by atoms with van der Waals surface area (Å²) in [6.45, 7) is 0.168. The highest BCUT2D eigenvalue weighted by Gasteiger charge is 2.35. The molecular formula is C12H22F3NO2. The quantitative estimate of drug-likeness (QED) is 0.727. The number of likely N-dealkylation sites (N-methyl/N-ethyl adjacent to an activating group) is 1. The molecule has 0 amide bonds. The van der Waals surface area contributed by atoms with Crippen LogP contribution in [0, 0.1) is 0 Å². The van der Waals surface area contributed by atoms with Gasteiger partial charge < -0.3 is 15.2 Å². The molecule has 1 fully saturated rings. The molecule has 1 aliphatic rings. The first-order valence-electron chi connectivity index (χ1n) is 6.39. The maximum atomic E-state index is 12.0. The molecule has 2 unspecified atom stereocenters. The van der Waals surface area contributed by atoms with Crippen molar-refractivity contribution < 1.29 is 23.0 Å². The number of alkyl halides is 3. The molecule has 0 radical (unpaired) electrons. The van der Waals surface area contributed by atoms with E-state index in [-0.39, 0.29) is 31.3 Å². The van der Waals surface area contributed by atoms with Crippen LogP contribution in [0.2, 0.25) is 0 Å². The molecule has 1 rings (SSSR count). The molecule has 0 bridgehead atoms. The van der Waals surface area contributed by atoms with Crippen molar-refractivity contribution in [1.82, 2.24) is 5.32 Å². The van der Waals surface area contributed by atoms with E-state index in [1.165, 1.54) is 0 Å². The van der Waals surface area contributed by atoms with Gasteiger partial charge in [-0.25, -0.2) is 0 Å². The van der Waals surface area contributed by atoms with Gasteiger partial charge in [0.15, 0.2) is 0 Å². The summed E-state index contributed by atoms with van der Waals surface area (Å²) < 4.78 is 41.4. The van der Waals surface area contributed by atoms with E-state index in [9.17, 15) is 18.3 Å². The van der Waals surface area contributed by atoms with Gasteiger partial charge in [0.05, 0.1) is 12.7 Å². The molecule has 1 aliphatic carbocycles. The van der Waals surface area contributed by atoms with Gasteiger partial charge in [-0.15, -0.1) is 0 Å². The third-order valence-corrected chi connectivity index (χ3v) is 3.59. The molecule has 108 valence electrons. The minimum absolute atomic E-state index is 0.00563. The van der Waals surface area contributed by atoms with Gasteiger partial charge in [-0.3, -0.25) is 0 Å². The number of halogens is 3. The summed E-state index contributed by atoms with van der Waals surface area (Å²) in [4.78, 5) is 0. The molecule has 0 spiro atoms. The average molecular weight is 269 g/mol. The van der Waals surface area contributed by atoms with E-state index in [2.05, 4.69) is 5.32 Å². The standard InChI is InChI=1S/C12H22F3NO2/c1-16-11(9-17)5-2-4-10(8-11)18-7-3-6-12(13,14)15/h10,16-17H,2-9H2,1H3. The van der Waals surface area contributed by atoms with Gasteiger partial charge in [-0.2, -0.15) is 13.2 Å². The van der Waals surface area contributed by atoms with Gasteiger partial charge >= 0.3 is 6.18 Å². The summed E-state index contributed by atoms with van der Waals surface area (Å²) in [6.07, 6.45) is -1.63. The summed E-state index contributed by atoms with van der Waals surface area (Å²) in [5, 5.41) is 12.5. The highest BCUT2D eigenvalue weighted by atomic mass is 19.4. The van der Waals surface area contributed by atoms with E-state index in [0.717, 1.165) is 19.3 Å². The van der Waals surface area contributed by atoms with E-state index in [0.29, 0.717) is 6.42 Å². The Morgan fingerprint density at radius 1 is 1.44 bits per heavy atom. The molecule has 2 N–H and O–H groups in total. The van der Waals surface area contributed by atoms with Crippen LogP contribution in [0.1, 0.15) is 38.5 Å². The van der Waals surface area contributed by atoms with Crippen LogP contribution in [-0.4, -0.2) is 43.2 Å². The molecule has 0 saturated heterocycles. The van der Waals surface area contributed by atoms with Crippen LogP contribution in [-0.2, 0) is 4.74 Å². The van der Waals surface area contributed by atoms with Crippen LogP contribution in [0.5, 0.6) is 0 Å². The van der Waals surface area contributed by atoms with Gasteiger partial charge in [0.25, 0.3) is 0 Å². The van der Waals surface area contributed by atoms with Gasteiger partial charge in [-0.1, -0.05) is 0 Å². The third-order valence-electron chi connectivity index (χ3n) is 3.59. The summed E-state index contributed by atoms with van der Waals surface area (Å²) >= 11 is 0. The molecular weight excluding hydrogens is 247 g/mol. The van der Waals surface area contributed by atoms with Crippen LogP contribution in [0.25, 0.3) is 0 Å². The Morgan fingerprint density at radius 3 is 2.72 bits per heavy atom. The van der Waals surface area contributed by atoms with E-state index >= 15 is 0 Å². The minimum Gasteiger partial charge on any atom is -0.394 e. The zero-order valence-electron chi connectivity index (χ0n) is 10.7. The number of rotatable bonds is 6. The summed E-state index contributed by atoms with van der Waals surface area (Å²) in [6, 6.07) is 0. The minimum atomic E-state index is -4.10. The molecule has 0 aromatic rings. The summed E-state index contributed by atoms with van der Waals surface area (Å²) in [5.74, 6) is 0. The Morgan fingerprint density at radius 2 is 2.17 bits per heavy atom. The number of hydrogen-bond donors (Lipinski definition) is 2. The summed E-state index contributed by atoms with van der Waals surface area (Å²) in [7, 11) is 1.79. The van der Waals surface area contributed by atoms with Crippen molar-refractivity contribution in [2.24, 2.45) is 0 Å². The van der Waals surface area contributed by atoms with Gasteiger partial charge in [0.1, 0.15) is 0 Å². The maximum absolute atomic E-state index is 12.0. The van der Waals surface area contributed by atoms with Crippen molar-refractivity contribution in [3.63, 3.8) is 0 Å². The molecule has 2 atom stereocenters. The SMILES string of the molecule is CNC1(CO)CCCC(OCCCC(F)(F)F)C1. The number of ether oxygens (including phenoxy) is 1. The van der Waals surface area contributed by atoms with E-state index in [4.69, 9.17) is 4.74 Å². The lowest BCUT2D eigenvalue weighted by Crippen LogP contribution is -2.51. The van der Waals surface area contributed by atoms with Crippen molar-refractivity contribution in [3.05, 3.63) is 0 Å². The van der Waals surface area contributed by atoms with Crippen LogP contribution in [0.15, 0.2) is 0 Å².